The maximum atomic E-state index is 14.3. The summed E-state index contributed by atoms with van der Waals surface area (Å²) in [5.41, 5.74) is 0.398. The highest BCUT2D eigenvalue weighted by Gasteiger charge is 2.35. The molecule has 1 N–H and O–H groups in total. The second-order valence-electron chi connectivity index (χ2n) is 12.8. The van der Waals surface area contributed by atoms with E-state index in [2.05, 4.69) is 10.3 Å². The van der Waals surface area contributed by atoms with Crippen LogP contribution in [0.3, 0.4) is 0 Å². The lowest BCUT2D eigenvalue weighted by molar-refractivity contribution is 0.0125. The highest BCUT2D eigenvalue weighted by Crippen LogP contribution is 2.32. The number of allylic oxidation sites excluding steroid dienone is 2. The molecule has 10 nitrogen and oxygen atoms in total. The van der Waals surface area contributed by atoms with Gasteiger partial charge in [0.25, 0.3) is 5.56 Å². The molecule has 1 fully saturated rings. The SMILES string of the molecule is Cc1cccc(-n2c(=O)n(C3CCC(N(CC4=CN5C=C(F)C=CC5N4)C(=O)OC(C)(C)C)CC3)c(=O)c3cc(F)cnc32)c1. The van der Waals surface area contributed by atoms with Gasteiger partial charge in [0, 0.05) is 30.2 Å². The Morgan fingerprint density at radius 1 is 1.11 bits per heavy atom. The summed E-state index contributed by atoms with van der Waals surface area (Å²) in [4.78, 5) is 48.7. The van der Waals surface area contributed by atoms with E-state index in [0.717, 1.165) is 23.5 Å². The first-order chi connectivity index (χ1) is 21.4. The standard InChI is InChI=1S/C33H36F2N6O4/c1-20-6-5-7-26(14-20)40-29-27(15-22(35)16-36-29)30(42)41(31(40)43)25-11-9-24(10-12-25)39(32(44)45-33(2,3)4)19-23-18-38-17-21(34)8-13-28(38)37-23/h5-8,13-18,24-25,28,37H,9-12,19H2,1-4H3. The fourth-order valence-electron chi connectivity index (χ4n) is 6.26. The van der Waals surface area contributed by atoms with Crippen LogP contribution in [0.5, 0.6) is 0 Å². The number of rotatable bonds is 5. The number of hydrogen-bond acceptors (Lipinski definition) is 7. The monoisotopic (exact) mass is 618 g/mol. The Morgan fingerprint density at radius 3 is 2.58 bits per heavy atom. The van der Waals surface area contributed by atoms with Crippen molar-refractivity contribution >= 4 is 17.1 Å². The van der Waals surface area contributed by atoms with Crippen molar-refractivity contribution < 1.29 is 18.3 Å². The topological polar surface area (TPSA) is 102 Å². The molecule has 2 aliphatic heterocycles. The van der Waals surface area contributed by atoms with Gasteiger partial charge in [-0.05, 0) is 89.3 Å². The molecule has 1 amide bonds. The molecule has 6 rings (SSSR count). The van der Waals surface area contributed by atoms with Gasteiger partial charge in [0.15, 0.2) is 5.65 Å². The zero-order valence-electron chi connectivity index (χ0n) is 25.7. The quantitative estimate of drug-likeness (QED) is 0.421. The Bertz CT molecular complexity index is 1860. The second kappa shape index (κ2) is 11.6. The van der Waals surface area contributed by atoms with Crippen molar-refractivity contribution in [3.05, 3.63) is 105 Å². The average Bonchev–Trinajstić information content (AvgIpc) is 3.37. The summed E-state index contributed by atoms with van der Waals surface area (Å²) >= 11 is 0. The Morgan fingerprint density at radius 2 is 1.87 bits per heavy atom. The predicted octanol–water partition coefficient (Wildman–Crippen LogP) is 5.17. The van der Waals surface area contributed by atoms with E-state index in [1.165, 1.54) is 21.4 Å². The molecule has 3 aliphatic rings. The number of nitrogens with one attached hydrogen (secondary N) is 1. The largest absolute Gasteiger partial charge is 0.444 e. The molecule has 12 heteroatoms. The number of nitrogens with zero attached hydrogens (tertiary/aromatic N) is 5. The van der Waals surface area contributed by atoms with Crippen LogP contribution in [0.4, 0.5) is 13.6 Å². The van der Waals surface area contributed by atoms with Crippen LogP contribution in [0.15, 0.2) is 82.2 Å². The van der Waals surface area contributed by atoms with Crippen molar-refractivity contribution in [2.45, 2.75) is 77.2 Å². The van der Waals surface area contributed by atoms with Crippen LogP contribution in [-0.4, -0.2) is 54.4 Å². The first-order valence-corrected chi connectivity index (χ1v) is 15.1. The predicted molar refractivity (Wildman–Crippen MR) is 166 cm³/mol. The number of amides is 1. The molecule has 1 aromatic carbocycles. The number of fused-ring (bicyclic) bond motifs is 2. The van der Waals surface area contributed by atoms with Gasteiger partial charge in [-0.1, -0.05) is 12.1 Å². The molecule has 4 heterocycles. The van der Waals surface area contributed by atoms with Crippen molar-refractivity contribution in [3.8, 4) is 5.69 Å². The molecular formula is C33H36F2N6O4. The minimum absolute atomic E-state index is 0.0175. The third-order valence-electron chi connectivity index (χ3n) is 8.26. The van der Waals surface area contributed by atoms with Gasteiger partial charge in [-0.2, -0.15) is 0 Å². The van der Waals surface area contributed by atoms with E-state index in [0.29, 0.717) is 31.4 Å². The van der Waals surface area contributed by atoms with Gasteiger partial charge >= 0.3 is 11.8 Å². The maximum absolute atomic E-state index is 14.3. The van der Waals surface area contributed by atoms with E-state index in [1.807, 2.05) is 25.1 Å². The zero-order chi connectivity index (χ0) is 32.0. The van der Waals surface area contributed by atoms with Crippen molar-refractivity contribution in [2.75, 3.05) is 6.54 Å². The summed E-state index contributed by atoms with van der Waals surface area (Å²) < 4.78 is 36.5. The van der Waals surface area contributed by atoms with Crippen LogP contribution in [-0.2, 0) is 4.74 Å². The van der Waals surface area contributed by atoms with Crippen LogP contribution < -0.4 is 16.6 Å². The average molecular weight is 619 g/mol. The molecule has 0 saturated heterocycles. The third kappa shape index (κ3) is 6.13. The number of carbonyl (C=O) groups is 1. The van der Waals surface area contributed by atoms with E-state index in [-0.39, 0.29) is 35.6 Å². The summed E-state index contributed by atoms with van der Waals surface area (Å²) in [6, 6.07) is 7.68. The summed E-state index contributed by atoms with van der Waals surface area (Å²) in [5, 5.41) is 3.33. The first-order valence-electron chi connectivity index (χ1n) is 15.1. The number of carbonyl (C=O) groups excluding carboxylic acids is 1. The van der Waals surface area contributed by atoms with Crippen LogP contribution in [0.1, 0.15) is 58.1 Å². The van der Waals surface area contributed by atoms with Gasteiger partial charge in [-0.25, -0.2) is 27.9 Å². The molecule has 1 unspecified atom stereocenters. The lowest BCUT2D eigenvalue weighted by Gasteiger charge is -2.38. The van der Waals surface area contributed by atoms with Crippen LogP contribution in [0.25, 0.3) is 16.7 Å². The van der Waals surface area contributed by atoms with Gasteiger partial charge in [0.05, 0.1) is 23.8 Å². The van der Waals surface area contributed by atoms with Gasteiger partial charge in [-0.15, -0.1) is 0 Å². The van der Waals surface area contributed by atoms with Crippen molar-refractivity contribution in [2.24, 2.45) is 0 Å². The smallest absolute Gasteiger partial charge is 0.410 e. The highest BCUT2D eigenvalue weighted by atomic mass is 19.1. The number of halogens is 2. The first kappa shape index (κ1) is 30.3. The number of hydrogen-bond donors (Lipinski definition) is 1. The van der Waals surface area contributed by atoms with Crippen LogP contribution in [0.2, 0.25) is 0 Å². The maximum Gasteiger partial charge on any atom is 0.410 e. The van der Waals surface area contributed by atoms with E-state index < -0.39 is 34.8 Å². The number of aromatic nitrogens is 3. The normalized spacial score (nSPS) is 21.2. The molecule has 1 saturated carbocycles. The summed E-state index contributed by atoms with van der Waals surface area (Å²) in [7, 11) is 0. The minimum atomic E-state index is -0.724. The lowest BCUT2D eigenvalue weighted by atomic mass is 9.90. The fourth-order valence-corrected chi connectivity index (χ4v) is 6.26. The van der Waals surface area contributed by atoms with E-state index in [4.69, 9.17) is 4.74 Å². The Hall–Kier alpha value is -4.74. The molecule has 45 heavy (non-hydrogen) atoms. The van der Waals surface area contributed by atoms with Gasteiger partial charge in [0.1, 0.15) is 23.4 Å². The number of pyridine rings is 1. The molecular weight excluding hydrogens is 582 g/mol. The van der Waals surface area contributed by atoms with E-state index in [9.17, 15) is 23.2 Å². The molecule has 0 spiro atoms. The van der Waals surface area contributed by atoms with Gasteiger partial charge in [-0.3, -0.25) is 14.3 Å². The Labute approximate surface area is 258 Å². The van der Waals surface area contributed by atoms with Gasteiger partial charge in [0.2, 0.25) is 0 Å². The summed E-state index contributed by atoms with van der Waals surface area (Å²) in [6.07, 6.45) is 8.37. The Balaban J connectivity index is 1.30. The molecule has 3 aromatic rings. The number of aryl methyl sites for hydroxylation is 1. The summed E-state index contributed by atoms with van der Waals surface area (Å²) in [5.74, 6) is -1.03. The van der Waals surface area contributed by atoms with Crippen molar-refractivity contribution in [3.63, 3.8) is 0 Å². The molecule has 236 valence electrons. The minimum Gasteiger partial charge on any atom is -0.444 e. The molecule has 0 bridgehead atoms. The molecule has 1 aliphatic carbocycles. The highest BCUT2D eigenvalue weighted by molar-refractivity contribution is 5.75. The molecule has 0 radical (unpaired) electrons. The van der Waals surface area contributed by atoms with E-state index in [1.54, 1.807) is 48.9 Å². The van der Waals surface area contributed by atoms with Crippen molar-refractivity contribution in [1.29, 1.82) is 0 Å². The van der Waals surface area contributed by atoms with Crippen molar-refractivity contribution in [1.82, 2.24) is 29.2 Å². The van der Waals surface area contributed by atoms with E-state index >= 15 is 0 Å². The third-order valence-corrected chi connectivity index (χ3v) is 8.26. The number of ether oxygens (including phenoxy) is 1. The molecule has 1 atom stereocenters. The number of benzene rings is 1. The van der Waals surface area contributed by atoms with Gasteiger partial charge < -0.3 is 15.0 Å². The zero-order valence-corrected chi connectivity index (χ0v) is 25.7. The fraction of sp³-hybridized carbons (Fsp3) is 0.394. The van der Waals surface area contributed by atoms with Crippen LogP contribution >= 0.6 is 0 Å². The second-order valence-corrected chi connectivity index (χ2v) is 12.8. The summed E-state index contributed by atoms with van der Waals surface area (Å²) in [6.45, 7) is 7.51. The lowest BCUT2D eigenvalue weighted by Crippen LogP contribution is -2.49. The molecule has 2 aromatic heterocycles. The van der Waals surface area contributed by atoms with Crippen LogP contribution in [0, 0.1) is 12.7 Å². The Kier molecular flexibility index (Phi) is 7.84.